The molecule has 1 saturated heterocycles. The van der Waals surface area contributed by atoms with Crippen molar-refractivity contribution in [3.8, 4) is 0 Å². The third-order valence-corrected chi connectivity index (χ3v) is 4.32. The van der Waals surface area contributed by atoms with Gasteiger partial charge in [-0.25, -0.2) is 0 Å². The van der Waals surface area contributed by atoms with Crippen LogP contribution in [0.15, 0.2) is 18.2 Å². The molecule has 3 N–H and O–H groups in total. The largest absolute Gasteiger partial charge is 0.397 e. The zero-order valence-corrected chi connectivity index (χ0v) is 13.4. The number of carbonyl (C=O) groups is 1. The third kappa shape index (κ3) is 4.33. The summed E-state index contributed by atoms with van der Waals surface area (Å²) < 4.78 is 0. The van der Waals surface area contributed by atoms with Crippen LogP contribution in [0.3, 0.4) is 0 Å². The average Bonchev–Trinajstić information content (AvgIpc) is 2.45. The van der Waals surface area contributed by atoms with Gasteiger partial charge in [-0.05, 0) is 31.7 Å². The normalized spacial score (nSPS) is 20.4. The van der Waals surface area contributed by atoms with E-state index in [2.05, 4.69) is 29.1 Å². The Morgan fingerprint density at radius 3 is 2.90 bits per heavy atom. The van der Waals surface area contributed by atoms with Crippen LogP contribution in [0.5, 0.6) is 0 Å². The molecule has 0 aliphatic carbocycles. The molecule has 0 bridgehead atoms. The van der Waals surface area contributed by atoms with E-state index >= 15 is 0 Å². The lowest BCUT2D eigenvalue weighted by molar-refractivity contribution is -0.118. The van der Waals surface area contributed by atoms with Crippen LogP contribution in [0.4, 0.5) is 11.4 Å². The van der Waals surface area contributed by atoms with Crippen molar-refractivity contribution in [3.63, 3.8) is 0 Å². The first-order chi connectivity index (χ1) is 9.99. The van der Waals surface area contributed by atoms with Gasteiger partial charge in [0, 0.05) is 31.4 Å². The summed E-state index contributed by atoms with van der Waals surface area (Å²) in [7, 11) is 2.14. The molecule has 1 aromatic carbocycles. The van der Waals surface area contributed by atoms with E-state index < -0.39 is 0 Å². The molecule has 0 saturated carbocycles. The number of anilines is 2. The minimum absolute atomic E-state index is 0.0175. The predicted molar refractivity (Wildman–Crippen MR) is 87.6 cm³/mol. The van der Waals surface area contributed by atoms with Gasteiger partial charge >= 0.3 is 0 Å². The topological polar surface area (TPSA) is 61.6 Å². The van der Waals surface area contributed by atoms with Crippen LogP contribution in [-0.4, -0.2) is 55.0 Å². The highest BCUT2D eigenvalue weighted by molar-refractivity contribution is 6.33. The first-order valence-electron chi connectivity index (χ1n) is 7.27. The molecule has 6 heteroatoms. The zero-order chi connectivity index (χ0) is 15.4. The first kappa shape index (κ1) is 16.1. The number of nitrogen functional groups attached to an aromatic ring is 1. The van der Waals surface area contributed by atoms with Gasteiger partial charge in [0.25, 0.3) is 0 Å². The van der Waals surface area contributed by atoms with Crippen LogP contribution in [0, 0.1) is 0 Å². The van der Waals surface area contributed by atoms with Gasteiger partial charge in [0.05, 0.1) is 17.3 Å². The van der Waals surface area contributed by atoms with E-state index in [-0.39, 0.29) is 5.91 Å². The SMILES string of the molecule is CCC1CN(CC(=O)Nc2ccc(Cl)c(N)c2)CCN1C. The van der Waals surface area contributed by atoms with Crippen molar-refractivity contribution in [3.05, 3.63) is 23.2 Å². The highest BCUT2D eigenvalue weighted by Crippen LogP contribution is 2.22. The monoisotopic (exact) mass is 310 g/mol. The van der Waals surface area contributed by atoms with E-state index in [0.29, 0.717) is 29.0 Å². The van der Waals surface area contributed by atoms with E-state index in [1.54, 1.807) is 18.2 Å². The van der Waals surface area contributed by atoms with Gasteiger partial charge in [0.15, 0.2) is 0 Å². The maximum absolute atomic E-state index is 12.1. The van der Waals surface area contributed by atoms with Crippen molar-refractivity contribution in [1.82, 2.24) is 9.80 Å². The van der Waals surface area contributed by atoms with Crippen molar-refractivity contribution >= 4 is 28.9 Å². The molecule has 1 atom stereocenters. The Balaban J connectivity index is 1.88. The lowest BCUT2D eigenvalue weighted by atomic mass is 10.1. The molecule has 21 heavy (non-hydrogen) atoms. The van der Waals surface area contributed by atoms with E-state index in [4.69, 9.17) is 17.3 Å². The smallest absolute Gasteiger partial charge is 0.238 e. The number of hydrogen-bond donors (Lipinski definition) is 2. The van der Waals surface area contributed by atoms with Gasteiger partial charge < -0.3 is 16.0 Å². The average molecular weight is 311 g/mol. The van der Waals surface area contributed by atoms with Crippen molar-refractivity contribution in [2.75, 3.05) is 44.3 Å². The molecule has 5 nitrogen and oxygen atoms in total. The fourth-order valence-corrected chi connectivity index (χ4v) is 2.74. The molecule has 1 amide bonds. The highest BCUT2D eigenvalue weighted by atomic mass is 35.5. The summed E-state index contributed by atoms with van der Waals surface area (Å²) in [6, 6.07) is 5.65. The Morgan fingerprint density at radius 1 is 1.48 bits per heavy atom. The molecule has 1 aliphatic heterocycles. The molecular weight excluding hydrogens is 288 g/mol. The molecule has 116 valence electrons. The van der Waals surface area contributed by atoms with E-state index in [1.165, 1.54) is 0 Å². The third-order valence-electron chi connectivity index (χ3n) is 3.98. The van der Waals surface area contributed by atoms with E-state index in [1.807, 2.05) is 0 Å². The standard InChI is InChI=1S/C15H23ClN4O/c1-3-12-9-20(7-6-19(12)2)10-15(21)18-11-4-5-13(16)14(17)8-11/h4-5,8,12H,3,6-7,9-10,17H2,1-2H3,(H,18,21). The molecule has 2 rings (SSSR count). The van der Waals surface area contributed by atoms with Crippen LogP contribution in [0.25, 0.3) is 0 Å². The number of nitrogens with one attached hydrogen (secondary N) is 1. The Bertz CT molecular complexity index is 508. The van der Waals surface area contributed by atoms with Gasteiger partial charge in [-0.15, -0.1) is 0 Å². The summed E-state index contributed by atoms with van der Waals surface area (Å²) in [6.45, 7) is 5.44. The number of rotatable bonds is 4. The minimum atomic E-state index is -0.0175. The molecule has 1 heterocycles. The summed E-state index contributed by atoms with van der Waals surface area (Å²) in [4.78, 5) is 16.7. The van der Waals surface area contributed by atoms with Gasteiger partial charge in [-0.2, -0.15) is 0 Å². The summed E-state index contributed by atoms with van der Waals surface area (Å²) in [5, 5.41) is 3.37. The van der Waals surface area contributed by atoms with Crippen LogP contribution in [0.2, 0.25) is 5.02 Å². The molecular formula is C15H23ClN4O. The Labute approximate surface area is 131 Å². The van der Waals surface area contributed by atoms with Crippen LogP contribution >= 0.6 is 11.6 Å². The fourth-order valence-electron chi connectivity index (χ4n) is 2.62. The fraction of sp³-hybridized carbons (Fsp3) is 0.533. The summed E-state index contributed by atoms with van der Waals surface area (Å²) >= 11 is 5.87. The molecule has 0 radical (unpaired) electrons. The van der Waals surface area contributed by atoms with Crippen LogP contribution in [-0.2, 0) is 4.79 Å². The van der Waals surface area contributed by atoms with Crippen LogP contribution in [0.1, 0.15) is 13.3 Å². The van der Waals surface area contributed by atoms with Gasteiger partial charge in [-0.3, -0.25) is 9.69 Å². The molecule has 1 fully saturated rings. The summed E-state index contributed by atoms with van der Waals surface area (Å²) in [5.41, 5.74) is 6.89. The summed E-state index contributed by atoms with van der Waals surface area (Å²) in [5.74, 6) is -0.0175. The second kappa shape index (κ2) is 7.11. The predicted octanol–water partition coefficient (Wildman–Crippen LogP) is 1.89. The Hall–Kier alpha value is -1.30. The highest BCUT2D eigenvalue weighted by Gasteiger charge is 2.24. The Morgan fingerprint density at radius 2 is 2.24 bits per heavy atom. The second-order valence-electron chi connectivity index (χ2n) is 5.56. The number of hydrogen-bond acceptors (Lipinski definition) is 4. The number of piperazine rings is 1. The molecule has 1 unspecified atom stereocenters. The number of likely N-dealkylation sites (N-methyl/N-ethyl adjacent to an activating group) is 1. The number of carbonyl (C=O) groups excluding carboxylic acids is 1. The van der Waals surface area contributed by atoms with Gasteiger partial charge in [0.2, 0.25) is 5.91 Å². The lowest BCUT2D eigenvalue weighted by Crippen LogP contribution is -2.52. The number of nitrogens with two attached hydrogens (primary N) is 1. The number of halogens is 1. The molecule has 0 spiro atoms. The Kier molecular flexibility index (Phi) is 5.45. The quantitative estimate of drug-likeness (QED) is 0.834. The molecule has 1 aliphatic rings. The lowest BCUT2D eigenvalue weighted by Gasteiger charge is -2.38. The zero-order valence-electron chi connectivity index (χ0n) is 12.6. The molecule has 0 aromatic heterocycles. The molecule has 1 aromatic rings. The maximum Gasteiger partial charge on any atom is 0.238 e. The van der Waals surface area contributed by atoms with Crippen molar-refractivity contribution in [2.24, 2.45) is 0 Å². The number of amides is 1. The maximum atomic E-state index is 12.1. The number of nitrogens with zero attached hydrogens (tertiary/aromatic N) is 2. The first-order valence-corrected chi connectivity index (χ1v) is 7.65. The van der Waals surface area contributed by atoms with Crippen LogP contribution < -0.4 is 11.1 Å². The summed E-state index contributed by atoms with van der Waals surface area (Å²) in [6.07, 6.45) is 1.10. The second-order valence-corrected chi connectivity index (χ2v) is 5.97. The van der Waals surface area contributed by atoms with Gasteiger partial charge in [-0.1, -0.05) is 18.5 Å². The van der Waals surface area contributed by atoms with Gasteiger partial charge in [0.1, 0.15) is 0 Å². The van der Waals surface area contributed by atoms with E-state index in [0.717, 1.165) is 26.1 Å². The van der Waals surface area contributed by atoms with E-state index in [9.17, 15) is 4.79 Å². The minimum Gasteiger partial charge on any atom is -0.397 e. The number of benzene rings is 1. The van der Waals surface area contributed by atoms with Crippen molar-refractivity contribution in [2.45, 2.75) is 19.4 Å². The van der Waals surface area contributed by atoms with Crippen molar-refractivity contribution in [1.29, 1.82) is 0 Å². The van der Waals surface area contributed by atoms with Crippen molar-refractivity contribution < 1.29 is 4.79 Å².